The molecule has 0 unspecified atom stereocenters. The van der Waals surface area contributed by atoms with Crippen molar-refractivity contribution >= 4 is 7.82 Å². The highest BCUT2D eigenvalue weighted by Crippen LogP contribution is 2.66. The Morgan fingerprint density at radius 3 is 0.923 bits per heavy atom. The lowest BCUT2D eigenvalue weighted by Crippen LogP contribution is -2.76. The molecule has 2 aliphatic rings. The minimum Gasteiger partial charge on any atom is -0.328 e. The summed E-state index contributed by atoms with van der Waals surface area (Å²) in [7, 11) is -5.92. The van der Waals surface area contributed by atoms with Crippen LogP contribution in [0.3, 0.4) is 0 Å². The fraction of sp³-hybridized carbons (Fsp3) is 1.00. The van der Waals surface area contributed by atoms with Crippen molar-refractivity contribution in [2.45, 2.75) is 142 Å². The van der Waals surface area contributed by atoms with Crippen molar-refractivity contribution in [3.8, 4) is 0 Å². The second-order valence-electron chi connectivity index (χ2n) is 11.7. The van der Waals surface area contributed by atoms with Crippen molar-refractivity contribution in [3.63, 3.8) is 0 Å². The third-order valence-electron chi connectivity index (χ3n) is 7.55. The van der Waals surface area contributed by atoms with Gasteiger partial charge in [-0.2, -0.15) is 92.2 Å². The Bertz CT molecular complexity index is 1150. The summed E-state index contributed by atoms with van der Waals surface area (Å²) in [6, 6.07) is 1.07. The molecule has 0 atom stereocenters. The molecule has 2 saturated carbocycles. The molecule has 6 N–H and O–H groups in total. The van der Waals surface area contributed by atoms with Crippen molar-refractivity contribution < 1.29 is 111 Å². The molecule has 6 nitrogen and oxygen atoms in total. The minimum absolute atomic E-state index is 0.536. The average Bonchev–Trinajstić information content (AvgIpc) is 2.96. The normalized spacial score (nSPS) is 19.0. The first-order chi connectivity index (χ1) is 22.7. The molecule has 28 heteroatoms. The molecule has 0 aliphatic heterocycles. The lowest BCUT2D eigenvalue weighted by Gasteiger charge is -2.44. The maximum Gasteiger partial charge on any atom is 0.469 e. The second-order valence-corrected chi connectivity index (χ2v) is 12.9. The van der Waals surface area contributed by atoms with Crippen LogP contribution in [0, 0.1) is 0 Å². The number of hydrogen-bond acceptors (Lipinski definition) is 4. The van der Waals surface area contributed by atoms with E-state index in [1.165, 1.54) is 64.2 Å². The molecule has 0 radical (unpaired) electrons. The van der Waals surface area contributed by atoms with E-state index >= 15 is 0 Å². The molecule has 0 aromatic carbocycles. The van der Waals surface area contributed by atoms with E-state index in [0.717, 1.165) is 0 Å². The van der Waals surface area contributed by atoms with Gasteiger partial charge in [0, 0.05) is 18.5 Å². The Kier molecular flexibility index (Phi) is 16.3. The van der Waals surface area contributed by atoms with Crippen molar-refractivity contribution in [2.75, 3.05) is 6.61 Å². The lowest BCUT2D eigenvalue weighted by atomic mass is 9.86. The van der Waals surface area contributed by atoms with Gasteiger partial charge in [-0.25, -0.2) is 4.57 Å². The fourth-order valence-electron chi connectivity index (χ4n) is 4.31. The first kappa shape index (κ1) is 50.6. The third-order valence-corrected chi connectivity index (χ3v) is 8.07. The Labute approximate surface area is 280 Å². The summed E-state index contributed by atoms with van der Waals surface area (Å²) in [5, 5.41) is 0. The van der Waals surface area contributed by atoms with Gasteiger partial charge in [-0.1, -0.05) is 38.5 Å². The van der Waals surface area contributed by atoms with Crippen LogP contribution in [0.2, 0.25) is 0 Å². The standard InChI is InChI=1S/C12H6F21O4P.2C6H13N/c13-3(14,1-2-37-38(34,35)36)4(15,16)5(17,18)6(19,20)7(21,22)8(23,24)9(25,26)10(27,28)11(29,30)12(31,32)33;2*7-6-4-2-1-3-5-6/h1-2H2,(H2,34,35,36);2*6H,1-5,7H2. The molecule has 0 saturated heterocycles. The predicted octanol–water partition coefficient (Wildman–Crippen LogP) is 9.32. The summed E-state index contributed by atoms with van der Waals surface area (Å²) in [5.41, 5.74) is 11.3. The Morgan fingerprint density at radius 1 is 0.462 bits per heavy atom. The summed E-state index contributed by atoms with van der Waals surface area (Å²) >= 11 is 0. The summed E-state index contributed by atoms with van der Waals surface area (Å²) in [4.78, 5) is 16.2. The molecular weight excluding hydrogens is 810 g/mol. The Hall–Kier alpha value is -1.44. The molecule has 314 valence electrons. The predicted molar refractivity (Wildman–Crippen MR) is 135 cm³/mol. The van der Waals surface area contributed by atoms with E-state index in [1.54, 1.807) is 0 Å². The highest BCUT2D eigenvalue weighted by atomic mass is 31.2. The molecule has 2 fully saturated rings. The smallest absolute Gasteiger partial charge is 0.328 e. The van der Waals surface area contributed by atoms with Gasteiger partial charge in [0.1, 0.15) is 0 Å². The third kappa shape index (κ3) is 10.2. The SMILES string of the molecule is NC1CCCCC1.NC1CCCCC1.O=P(O)(O)OCCC(F)(F)C(F)(F)C(F)(F)C(F)(F)C(F)(F)C(F)(F)C(F)(F)C(F)(F)C(F)(F)C(F)(F)F. The molecule has 0 bridgehead atoms. The van der Waals surface area contributed by atoms with E-state index in [4.69, 9.17) is 21.3 Å². The van der Waals surface area contributed by atoms with Crippen LogP contribution in [0.5, 0.6) is 0 Å². The maximum atomic E-state index is 13.5. The fourth-order valence-corrected chi connectivity index (χ4v) is 4.64. The van der Waals surface area contributed by atoms with Gasteiger partial charge in [0.05, 0.1) is 6.61 Å². The maximum absolute atomic E-state index is 13.5. The van der Waals surface area contributed by atoms with Gasteiger partial charge in [-0.3, -0.25) is 4.52 Å². The van der Waals surface area contributed by atoms with Crippen LogP contribution in [0.25, 0.3) is 0 Å². The first-order valence-corrected chi connectivity index (χ1v) is 16.0. The van der Waals surface area contributed by atoms with Crippen molar-refractivity contribution in [1.82, 2.24) is 0 Å². The number of halogens is 21. The zero-order valence-corrected chi connectivity index (χ0v) is 26.8. The molecular formula is C24H32F21N2O4P. The van der Waals surface area contributed by atoms with E-state index < -0.39 is 80.3 Å². The topological polar surface area (TPSA) is 119 Å². The lowest BCUT2D eigenvalue weighted by molar-refractivity contribution is -0.474. The second kappa shape index (κ2) is 16.7. The number of phosphoric acid groups is 1. The molecule has 0 aromatic rings. The van der Waals surface area contributed by atoms with E-state index in [9.17, 15) is 96.8 Å². The quantitative estimate of drug-likeness (QED) is 0.115. The van der Waals surface area contributed by atoms with Gasteiger partial charge in [-0.15, -0.1) is 0 Å². The van der Waals surface area contributed by atoms with Crippen LogP contribution in [-0.4, -0.2) is 88.0 Å². The molecule has 2 rings (SSSR count). The van der Waals surface area contributed by atoms with Crippen LogP contribution in [0.4, 0.5) is 92.2 Å². The molecule has 0 heterocycles. The van der Waals surface area contributed by atoms with Crippen LogP contribution >= 0.6 is 7.82 Å². The minimum atomic E-state index is -9.26. The molecule has 0 aromatic heterocycles. The van der Waals surface area contributed by atoms with Gasteiger partial charge < -0.3 is 21.3 Å². The van der Waals surface area contributed by atoms with Gasteiger partial charge in [-0.05, 0) is 25.7 Å². The molecule has 52 heavy (non-hydrogen) atoms. The van der Waals surface area contributed by atoms with Gasteiger partial charge in [0.15, 0.2) is 0 Å². The molecule has 2 aliphatic carbocycles. The number of hydrogen-bond donors (Lipinski definition) is 4. The average molecular weight is 842 g/mol. The highest BCUT2D eigenvalue weighted by Gasteiger charge is 2.97. The van der Waals surface area contributed by atoms with E-state index in [-0.39, 0.29) is 0 Å². The summed E-state index contributed by atoms with van der Waals surface area (Å²) in [6.45, 7) is -2.52. The number of nitrogens with two attached hydrogens (primary N) is 2. The van der Waals surface area contributed by atoms with Crippen LogP contribution < -0.4 is 11.5 Å². The van der Waals surface area contributed by atoms with E-state index in [0.29, 0.717) is 12.1 Å². The summed E-state index contributed by atoms with van der Waals surface area (Å²) < 4.78 is 288. The van der Waals surface area contributed by atoms with E-state index in [1.807, 2.05) is 0 Å². The van der Waals surface area contributed by atoms with Crippen molar-refractivity contribution in [2.24, 2.45) is 11.5 Å². The largest absolute Gasteiger partial charge is 0.469 e. The Morgan fingerprint density at radius 2 is 0.712 bits per heavy atom. The molecule has 0 amide bonds. The van der Waals surface area contributed by atoms with Crippen molar-refractivity contribution in [3.05, 3.63) is 0 Å². The zero-order chi connectivity index (χ0) is 41.8. The van der Waals surface area contributed by atoms with Gasteiger partial charge in [0.2, 0.25) is 0 Å². The number of rotatable bonds is 12. The monoisotopic (exact) mass is 842 g/mol. The molecule has 0 spiro atoms. The highest BCUT2D eigenvalue weighted by molar-refractivity contribution is 7.46. The van der Waals surface area contributed by atoms with Gasteiger partial charge in [0.25, 0.3) is 0 Å². The van der Waals surface area contributed by atoms with E-state index in [2.05, 4.69) is 4.52 Å². The number of phosphoric ester groups is 1. The summed E-state index contributed by atoms with van der Waals surface area (Å²) in [5.74, 6) is -78.1. The van der Waals surface area contributed by atoms with Crippen LogP contribution in [0.15, 0.2) is 0 Å². The summed E-state index contributed by atoms with van der Waals surface area (Å²) in [6.07, 6.45) is 2.01. The first-order valence-electron chi connectivity index (χ1n) is 14.4. The van der Waals surface area contributed by atoms with Gasteiger partial charge >= 0.3 is 67.3 Å². The van der Waals surface area contributed by atoms with Crippen molar-refractivity contribution in [1.29, 1.82) is 0 Å². The van der Waals surface area contributed by atoms with Crippen LogP contribution in [-0.2, 0) is 9.09 Å². The number of alkyl halides is 21. The van der Waals surface area contributed by atoms with Crippen LogP contribution in [0.1, 0.15) is 70.6 Å². The Balaban J connectivity index is 0.00000151. The zero-order valence-electron chi connectivity index (χ0n) is 25.9.